The number of nitrogens with zero attached hydrogens (tertiary/aromatic N) is 2. The third-order valence-electron chi connectivity index (χ3n) is 6.02. The minimum atomic E-state index is -0.919. The Kier molecular flexibility index (Phi) is 5.13. The Morgan fingerprint density at radius 1 is 1.29 bits per heavy atom. The maximum Gasteiger partial charge on any atom is 0.186 e. The van der Waals surface area contributed by atoms with E-state index in [1.54, 1.807) is 12.1 Å². The summed E-state index contributed by atoms with van der Waals surface area (Å²) in [5.74, 6) is -0.489. The maximum absolute atomic E-state index is 13.3. The Morgan fingerprint density at radius 3 is 2.87 bits per heavy atom. The average molecular weight is 446 g/mol. The molecule has 0 unspecified atom stereocenters. The SMILES string of the molecule is C[C@@H]1CCc2[nH]c3ccc(C(=O)[C@@H](C#N)c4nc(-c5ccc(Cl)cc5)cs4)cc3c2C1. The third kappa shape index (κ3) is 3.67. The number of hydrogen-bond acceptors (Lipinski definition) is 4. The number of carbonyl (C=O) groups is 1. The summed E-state index contributed by atoms with van der Waals surface area (Å²) >= 11 is 7.30. The number of aryl methyl sites for hydroxylation is 1. The van der Waals surface area contributed by atoms with Crippen molar-refractivity contribution in [3.63, 3.8) is 0 Å². The van der Waals surface area contributed by atoms with Gasteiger partial charge in [0, 0.05) is 38.1 Å². The van der Waals surface area contributed by atoms with Gasteiger partial charge in [-0.25, -0.2) is 4.98 Å². The average Bonchev–Trinajstić information content (AvgIpc) is 3.39. The van der Waals surface area contributed by atoms with Crippen LogP contribution in [0.1, 0.15) is 45.9 Å². The molecule has 5 rings (SSSR count). The lowest BCUT2D eigenvalue weighted by atomic mass is 9.87. The molecule has 1 aliphatic rings. The molecule has 4 nitrogen and oxygen atoms in total. The molecule has 6 heteroatoms. The molecule has 2 aromatic carbocycles. The molecule has 0 bridgehead atoms. The van der Waals surface area contributed by atoms with Crippen molar-refractivity contribution in [2.45, 2.75) is 32.1 Å². The first-order valence-electron chi connectivity index (χ1n) is 10.3. The van der Waals surface area contributed by atoms with E-state index in [4.69, 9.17) is 11.6 Å². The highest BCUT2D eigenvalue weighted by Crippen LogP contribution is 2.34. The van der Waals surface area contributed by atoms with Crippen molar-refractivity contribution in [1.29, 1.82) is 5.26 Å². The van der Waals surface area contributed by atoms with E-state index in [9.17, 15) is 10.1 Å². The lowest BCUT2D eigenvalue weighted by Crippen LogP contribution is -2.11. The van der Waals surface area contributed by atoms with Crippen LogP contribution in [0.4, 0.5) is 0 Å². The monoisotopic (exact) mass is 445 g/mol. The fraction of sp³-hybridized carbons (Fsp3) is 0.240. The molecule has 0 fully saturated rings. The number of Topliss-reactive ketones (excluding diaryl/α,β-unsaturated/α-hetero) is 1. The van der Waals surface area contributed by atoms with E-state index in [1.807, 2.05) is 35.7 Å². The van der Waals surface area contributed by atoms with Gasteiger partial charge in [0.05, 0.1) is 11.8 Å². The number of carbonyl (C=O) groups excluding carboxylic acids is 1. The largest absolute Gasteiger partial charge is 0.358 e. The molecule has 154 valence electrons. The second-order valence-electron chi connectivity index (χ2n) is 8.19. The lowest BCUT2D eigenvalue weighted by Gasteiger charge is -2.18. The summed E-state index contributed by atoms with van der Waals surface area (Å²) in [7, 11) is 0. The van der Waals surface area contributed by atoms with Gasteiger partial charge in [-0.2, -0.15) is 5.26 Å². The predicted octanol–water partition coefficient (Wildman–Crippen LogP) is 6.56. The predicted molar refractivity (Wildman–Crippen MR) is 125 cm³/mol. The molecule has 2 aromatic heterocycles. The number of nitriles is 1. The zero-order valence-corrected chi connectivity index (χ0v) is 18.6. The summed E-state index contributed by atoms with van der Waals surface area (Å²) in [6, 6.07) is 15.3. The van der Waals surface area contributed by atoms with Crippen molar-refractivity contribution in [2.24, 2.45) is 5.92 Å². The normalized spacial score (nSPS) is 16.6. The topological polar surface area (TPSA) is 69.5 Å². The van der Waals surface area contributed by atoms with Gasteiger partial charge in [-0.05, 0) is 61.1 Å². The molecule has 0 aliphatic heterocycles. The molecule has 1 N–H and O–H groups in total. The van der Waals surface area contributed by atoms with Gasteiger partial charge in [0.1, 0.15) is 5.01 Å². The van der Waals surface area contributed by atoms with Gasteiger partial charge in [-0.1, -0.05) is 30.7 Å². The summed E-state index contributed by atoms with van der Waals surface area (Å²) in [5.41, 5.74) is 5.86. The van der Waals surface area contributed by atoms with E-state index in [0.29, 0.717) is 21.5 Å². The molecule has 2 heterocycles. The first-order valence-corrected chi connectivity index (χ1v) is 11.6. The molecular weight excluding hydrogens is 426 g/mol. The zero-order chi connectivity index (χ0) is 21.5. The van der Waals surface area contributed by atoms with Gasteiger partial charge in [0.2, 0.25) is 0 Å². The number of rotatable bonds is 4. The highest BCUT2D eigenvalue weighted by atomic mass is 35.5. The van der Waals surface area contributed by atoms with Gasteiger partial charge in [-0.3, -0.25) is 4.79 Å². The molecule has 2 atom stereocenters. The van der Waals surface area contributed by atoms with Crippen LogP contribution in [-0.2, 0) is 12.8 Å². The number of hydrogen-bond donors (Lipinski definition) is 1. The van der Waals surface area contributed by atoms with Gasteiger partial charge in [-0.15, -0.1) is 11.3 Å². The highest BCUT2D eigenvalue weighted by Gasteiger charge is 2.27. The summed E-state index contributed by atoms with van der Waals surface area (Å²) in [4.78, 5) is 21.4. The van der Waals surface area contributed by atoms with Gasteiger partial charge in [0.25, 0.3) is 0 Å². The standard InChI is InChI=1S/C25H20ClN3OS/c1-14-2-8-21-18(10-14)19-11-16(5-9-22(19)28-21)24(30)20(12-27)25-29-23(13-31-25)15-3-6-17(26)7-4-15/h3-7,9,11,13-14,20,28H,2,8,10H2,1H3/t14-,20-/m1/s1. The Labute approximate surface area is 189 Å². The zero-order valence-electron chi connectivity index (χ0n) is 17.0. The number of aromatic amines is 1. The molecular formula is C25H20ClN3OS. The molecule has 4 aromatic rings. The fourth-order valence-electron chi connectivity index (χ4n) is 4.31. The molecule has 0 saturated carbocycles. The minimum Gasteiger partial charge on any atom is -0.358 e. The number of H-pyrrole nitrogens is 1. The number of halogens is 1. The summed E-state index contributed by atoms with van der Waals surface area (Å²) in [6.07, 6.45) is 3.25. The summed E-state index contributed by atoms with van der Waals surface area (Å²) in [5, 5.41) is 13.9. The molecule has 0 radical (unpaired) electrons. The van der Waals surface area contributed by atoms with Crippen molar-refractivity contribution < 1.29 is 4.79 Å². The maximum atomic E-state index is 13.3. The first-order chi connectivity index (χ1) is 15.0. The van der Waals surface area contributed by atoms with E-state index in [-0.39, 0.29) is 5.78 Å². The van der Waals surface area contributed by atoms with Crippen LogP contribution in [0.5, 0.6) is 0 Å². The van der Waals surface area contributed by atoms with E-state index < -0.39 is 5.92 Å². The van der Waals surface area contributed by atoms with Crippen LogP contribution in [0.15, 0.2) is 47.8 Å². The second kappa shape index (κ2) is 7.96. The van der Waals surface area contributed by atoms with E-state index >= 15 is 0 Å². The number of thiazole rings is 1. The van der Waals surface area contributed by atoms with E-state index in [0.717, 1.165) is 35.0 Å². The Morgan fingerprint density at radius 2 is 2.10 bits per heavy atom. The summed E-state index contributed by atoms with van der Waals surface area (Å²) in [6.45, 7) is 2.27. The van der Waals surface area contributed by atoms with Crippen LogP contribution in [0.25, 0.3) is 22.2 Å². The van der Waals surface area contributed by atoms with Crippen LogP contribution in [-0.4, -0.2) is 15.8 Å². The van der Waals surface area contributed by atoms with E-state index in [2.05, 4.69) is 23.0 Å². The number of ketones is 1. The second-order valence-corrected chi connectivity index (χ2v) is 9.52. The number of aromatic nitrogens is 2. The Hall–Kier alpha value is -2.94. The molecule has 31 heavy (non-hydrogen) atoms. The van der Waals surface area contributed by atoms with Crippen LogP contribution < -0.4 is 0 Å². The molecule has 0 spiro atoms. The Balaban J connectivity index is 1.47. The fourth-order valence-corrected chi connectivity index (χ4v) is 5.30. The quantitative estimate of drug-likeness (QED) is 0.361. The van der Waals surface area contributed by atoms with Gasteiger partial charge >= 0.3 is 0 Å². The van der Waals surface area contributed by atoms with Crippen molar-refractivity contribution in [3.8, 4) is 17.3 Å². The van der Waals surface area contributed by atoms with Crippen LogP contribution in [0.2, 0.25) is 5.02 Å². The van der Waals surface area contributed by atoms with Crippen molar-refractivity contribution in [2.75, 3.05) is 0 Å². The number of fused-ring (bicyclic) bond motifs is 3. The van der Waals surface area contributed by atoms with Gasteiger partial charge in [0.15, 0.2) is 11.7 Å². The molecule has 0 saturated heterocycles. The van der Waals surface area contributed by atoms with Crippen molar-refractivity contribution >= 4 is 39.6 Å². The highest BCUT2D eigenvalue weighted by molar-refractivity contribution is 7.10. The minimum absolute atomic E-state index is 0.208. The lowest BCUT2D eigenvalue weighted by molar-refractivity contribution is 0.0979. The van der Waals surface area contributed by atoms with Crippen LogP contribution in [0, 0.1) is 17.2 Å². The summed E-state index contributed by atoms with van der Waals surface area (Å²) < 4.78 is 0. The number of nitrogens with one attached hydrogen (secondary N) is 1. The van der Waals surface area contributed by atoms with Gasteiger partial charge < -0.3 is 4.98 Å². The first kappa shape index (κ1) is 20.0. The van der Waals surface area contributed by atoms with Crippen LogP contribution in [0.3, 0.4) is 0 Å². The number of benzene rings is 2. The Bertz CT molecular complexity index is 1330. The van der Waals surface area contributed by atoms with Crippen molar-refractivity contribution in [3.05, 3.63) is 74.7 Å². The molecule has 1 aliphatic carbocycles. The van der Waals surface area contributed by atoms with Crippen molar-refractivity contribution in [1.82, 2.24) is 9.97 Å². The molecule has 0 amide bonds. The third-order valence-corrected chi connectivity index (χ3v) is 7.18. The smallest absolute Gasteiger partial charge is 0.186 e. The van der Waals surface area contributed by atoms with E-state index in [1.165, 1.54) is 29.0 Å². The van der Waals surface area contributed by atoms with Crippen LogP contribution >= 0.6 is 22.9 Å².